The summed E-state index contributed by atoms with van der Waals surface area (Å²) < 4.78 is 1.79. The van der Waals surface area contributed by atoms with Crippen molar-refractivity contribution in [3.8, 4) is 5.82 Å². The summed E-state index contributed by atoms with van der Waals surface area (Å²) in [5.74, 6) is 0.808. The van der Waals surface area contributed by atoms with Crippen molar-refractivity contribution in [1.82, 2.24) is 14.8 Å². The number of hydrogen-bond donors (Lipinski definition) is 1. The Morgan fingerprint density at radius 3 is 2.72 bits per heavy atom. The van der Waals surface area contributed by atoms with Gasteiger partial charge in [-0.15, -0.1) is 0 Å². The first-order valence-corrected chi connectivity index (χ1v) is 6.30. The molecule has 1 unspecified atom stereocenters. The quantitative estimate of drug-likeness (QED) is 0.926. The molecule has 96 valence electrons. The molecule has 0 saturated heterocycles. The highest BCUT2D eigenvalue weighted by Gasteiger charge is 2.14. The van der Waals surface area contributed by atoms with Crippen LogP contribution in [0.5, 0.6) is 0 Å². The Hall–Kier alpha value is -1.39. The Morgan fingerprint density at radius 2 is 2.17 bits per heavy atom. The van der Waals surface area contributed by atoms with Crippen molar-refractivity contribution >= 4 is 11.6 Å². The summed E-state index contributed by atoms with van der Waals surface area (Å²) in [5, 5.41) is 5.12. The Morgan fingerprint density at radius 1 is 1.44 bits per heavy atom. The lowest BCUT2D eigenvalue weighted by molar-refractivity contribution is 0.714. The lowest BCUT2D eigenvalue weighted by Gasteiger charge is -2.11. The molecule has 0 saturated carbocycles. The van der Waals surface area contributed by atoms with Crippen LogP contribution in [0.2, 0.25) is 5.02 Å². The van der Waals surface area contributed by atoms with Crippen LogP contribution >= 0.6 is 11.6 Å². The Kier molecular flexibility index (Phi) is 3.68. The van der Waals surface area contributed by atoms with E-state index in [1.807, 2.05) is 32.9 Å². The molecular weight excluding hydrogens is 248 g/mol. The molecule has 0 amide bonds. The molecule has 2 aromatic rings. The molecule has 2 heterocycles. The first-order chi connectivity index (χ1) is 8.50. The molecule has 0 aromatic carbocycles. The predicted octanol–water partition coefficient (Wildman–Crippen LogP) is 2.43. The van der Waals surface area contributed by atoms with Gasteiger partial charge >= 0.3 is 0 Å². The van der Waals surface area contributed by atoms with Gasteiger partial charge in [-0.3, -0.25) is 0 Å². The van der Waals surface area contributed by atoms with Gasteiger partial charge in [0.15, 0.2) is 5.82 Å². The Labute approximate surface area is 112 Å². The van der Waals surface area contributed by atoms with Gasteiger partial charge in [0.1, 0.15) is 0 Å². The molecule has 0 aliphatic heterocycles. The zero-order valence-corrected chi connectivity index (χ0v) is 11.6. The Bertz CT molecular complexity index is 560. The summed E-state index contributed by atoms with van der Waals surface area (Å²) in [4.78, 5) is 4.40. The molecule has 0 radical (unpaired) electrons. The van der Waals surface area contributed by atoms with E-state index in [1.165, 1.54) is 0 Å². The monoisotopic (exact) mass is 264 g/mol. The number of halogens is 1. The summed E-state index contributed by atoms with van der Waals surface area (Å²) in [6.07, 6.45) is 2.52. The third kappa shape index (κ3) is 2.40. The topological polar surface area (TPSA) is 56.7 Å². The molecule has 2 aromatic heterocycles. The average Bonchev–Trinajstić information content (AvgIpc) is 2.57. The van der Waals surface area contributed by atoms with Gasteiger partial charge in [0.25, 0.3) is 0 Å². The lowest BCUT2D eigenvalue weighted by Crippen LogP contribution is -2.19. The number of hydrogen-bond acceptors (Lipinski definition) is 3. The highest BCUT2D eigenvalue weighted by Crippen LogP contribution is 2.23. The summed E-state index contributed by atoms with van der Waals surface area (Å²) in [7, 11) is 0. The molecule has 5 heteroatoms. The van der Waals surface area contributed by atoms with E-state index in [1.54, 1.807) is 10.9 Å². The minimum absolute atomic E-state index is 0.0837. The van der Waals surface area contributed by atoms with E-state index in [0.29, 0.717) is 5.02 Å². The second-order valence-electron chi connectivity index (χ2n) is 4.56. The molecule has 4 nitrogen and oxygen atoms in total. The van der Waals surface area contributed by atoms with Gasteiger partial charge < -0.3 is 5.73 Å². The van der Waals surface area contributed by atoms with Crippen molar-refractivity contribution in [3.63, 3.8) is 0 Å². The fraction of sp³-hybridized carbons (Fsp3) is 0.385. The fourth-order valence-electron chi connectivity index (χ4n) is 1.96. The van der Waals surface area contributed by atoms with Gasteiger partial charge in [-0.25, -0.2) is 9.67 Å². The maximum absolute atomic E-state index is 6.17. The van der Waals surface area contributed by atoms with E-state index in [9.17, 15) is 0 Å². The smallest absolute Gasteiger partial charge is 0.156 e. The van der Waals surface area contributed by atoms with Crippen LogP contribution in [-0.4, -0.2) is 20.8 Å². The molecule has 2 rings (SSSR count). The standard InChI is InChI=1S/C13H17ClN4/c1-8(15)7-11-5-4-6-16-13(11)18-10(3)12(14)9(2)17-18/h4-6,8H,7,15H2,1-3H3. The zero-order chi connectivity index (χ0) is 13.3. The van der Waals surface area contributed by atoms with Gasteiger partial charge in [-0.05, 0) is 38.8 Å². The van der Waals surface area contributed by atoms with Crippen LogP contribution in [0, 0.1) is 13.8 Å². The molecule has 0 bridgehead atoms. The molecular formula is C13H17ClN4. The van der Waals surface area contributed by atoms with Crippen molar-refractivity contribution in [2.45, 2.75) is 33.2 Å². The first-order valence-electron chi connectivity index (χ1n) is 5.92. The SMILES string of the molecule is Cc1nn(-c2ncccc2CC(C)N)c(C)c1Cl. The largest absolute Gasteiger partial charge is 0.328 e. The van der Waals surface area contributed by atoms with E-state index >= 15 is 0 Å². The van der Waals surface area contributed by atoms with Crippen molar-refractivity contribution in [2.24, 2.45) is 5.73 Å². The predicted molar refractivity (Wildman–Crippen MR) is 73.2 cm³/mol. The van der Waals surface area contributed by atoms with E-state index in [4.69, 9.17) is 17.3 Å². The summed E-state index contributed by atoms with van der Waals surface area (Å²) in [6, 6.07) is 4.02. The first kappa shape index (κ1) is 13.1. The molecule has 0 aliphatic rings. The number of nitrogens with zero attached hydrogens (tertiary/aromatic N) is 3. The molecule has 1 atom stereocenters. The van der Waals surface area contributed by atoms with E-state index < -0.39 is 0 Å². The van der Waals surface area contributed by atoms with Crippen molar-refractivity contribution in [3.05, 3.63) is 40.3 Å². The average molecular weight is 265 g/mol. The van der Waals surface area contributed by atoms with E-state index in [-0.39, 0.29) is 6.04 Å². The summed E-state index contributed by atoms with van der Waals surface area (Å²) in [6.45, 7) is 5.80. The van der Waals surface area contributed by atoms with E-state index in [2.05, 4.69) is 10.1 Å². The third-order valence-corrected chi connectivity index (χ3v) is 3.36. The molecule has 0 spiro atoms. The van der Waals surface area contributed by atoms with Crippen LogP contribution in [-0.2, 0) is 6.42 Å². The lowest BCUT2D eigenvalue weighted by atomic mass is 10.1. The fourth-order valence-corrected chi connectivity index (χ4v) is 2.07. The Balaban J connectivity index is 2.53. The maximum Gasteiger partial charge on any atom is 0.156 e. The second kappa shape index (κ2) is 5.08. The minimum Gasteiger partial charge on any atom is -0.328 e. The third-order valence-electron chi connectivity index (χ3n) is 2.81. The highest BCUT2D eigenvalue weighted by molar-refractivity contribution is 6.31. The number of aromatic nitrogens is 3. The second-order valence-corrected chi connectivity index (χ2v) is 4.94. The zero-order valence-electron chi connectivity index (χ0n) is 10.8. The van der Waals surface area contributed by atoms with Gasteiger partial charge in [-0.1, -0.05) is 17.7 Å². The van der Waals surface area contributed by atoms with Crippen LogP contribution in [0.25, 0.3) is 5.82 Å². The van der Waals surface area contributed by atoms with Crippen molar-refractivity contribution < 1.29 is 0 Å². The molecule has 18 heavy (non-hydrogen) atoms. The summed E-state index contributed by atoms with van der Waals surface area (Å²) >= 11 is 6.17. The van der Waals surface area contributed by atoms with Gasteiger partial charge in [0, 0.05) is 12.2 Å². The maximum atomic E-state index is 6.17. The molecule has 2 N–H and O–H groups in total. The number of rotatable bonds is 3. The summed E-state index contributed by atoms with van der Waals surface area (Å²) in [5.41, 5.74) is 8.65. The normalized spacial score (nSPS) is 12.7. The van der Waals surface area contributed by atoms with Gasteiger partial charge in [0.05, 0.1) is 16.4 Å². The highest BCUT2D eigenvalue weighted by atomic mass is 35.5. The van der Waals surface area contributed by atoms with Crippen molar-refractivity contribution in [1.29, 1.82) is 0 Å². The van der Waals surface area contributed by atoms with Crippen LogP contribution in [0.1, 0.15) is 23.9 Å². The van der Waals surface area contributed by atoms with Gasteiger partial charge in [-0.2, -0.15) is 5.10 Å². The van der Waals surface area contributed by atoms with Crippen LogP contribution in [0.4, 0.5) is 0 Å². The van der Waals surface area contributed by atoms with Crippen molar-refractivity contribution in [2.75, 3.05) is 0 Å². The number of aryl methyl sites for hydroxylation is 1. The molecule has 0 aliphatic carbocycles. The minimum atomic E-state index is 0.0837. The van der Waals surface area contributed by atoms with Crippen LogP contribution < -0.4 is 5.73 Å². The molecule has 0 fully saturated rings. The number of pyridine rings is 1. The van der Waals surface area contributed by atoms with Crippen LogP contribution in [0.3, 0.4) is 0 Å². The van der Waals surface area contributed by atoms with Crippen LogP contribution in [0.15, 0.2) is 18.3 Å². The number of nitrogens with two attached hydrogens (primary N) is 1. The van der Waals surface area contributed by atoms with Gasteiger partial charge in [0.2, 0.25) is 0 Å². The van der Waals surface area contributed by atoms with E-state index in [0.717, 1.165) is 29.2 Å².